The topological polar surface area (TPSA) is 42.6 Å². The molecule has 1 unspecified atom stereocenters. The molecule has 0 saturated carbocycles. The zero-order chi connectivity index (χ0) is 12.4. The fourth-order valence-corrected chi connectivity index (χ4v) is 1.97. The summed E-state index contributed by atoms with van der Waals surface area (Å²) in [7, 11) is 0. The minimum absolute atomic E-state index is 0.114. The molecule has 0 aliphatic heterocycles. The molecule has 1 heterocycles. The molecular formula is C14H18O3. The number of hydrogen-bond donors (Lipinski definition) is 1. The van der Waals surface area contributed by atoms with E-state index in [-0.39, 0.29) is 6.10 Å². The fraction of sp³-hybridized carbons (Fsp3) is 0.429. The lowest BCUT2D eigenvalue weighted by Gasteiger charge is -2.13. The molecule has 0 radical (unpaired) electrons. The summed E-state index contributed by atoms with van der Waals surface area (Å²) in [4.78, 5) is 0. The Morgan fingerprint density at radius 1 is 1.29 bits per heavy atom. The maximum atomic E-state index is 10.2. The van der Waals surface area contributed by atoms with Crippen molar-refractivity contribution < 1.29 is 14.3 Å². The van der Waals surface area contributed by atoms with Crippen LogP contribution in [0.4, 0.5) is 0 Å². The van der Waals surface area contributed by atoms with Crippen LogP contribution in [0.15, 0.2) is 28.7 Å². The minimum atomic E-state index is -0.638. The van der Waals surface area contributed by atoms with Crippen molar-refractivity contribution in [1.29, 1.82) is 0 Å². The lowest BCUT2D eigenvalue weighted by atomic mass is 10.1. The summed E-state index contributed by atoms with van der Waals surface area (Å²) >= 11 is 0. The highest BCUT2D eigenvalue weighted by molar-refractivity contribution is 5.82. The third-order valence-electron chi connectivity index (χ3n) is 2.74. The summed E-state index contributed by atoms with van der Waals surface area (Å²) in [5, 5.41) is 11.1. The van der Waals surface area contributed by atoms with Gasteiger partial charge in [0.25, 0.3) is 0 Å². The van der Waals surface area contributed by atoms with Crippen LogP contribution in [0.1, 0.15) is 31.3 Å². The lowest BCUT2D eigenvalue weighted by molar-refractivity contribution is 0.00488. The summed E-state index contributed by atoms with van der Waals surface area (Å²) in [6.45, 7) is 6.07. The van der Waals surface area contributed by atoms with E-state index in [0.717, 1.165) is 22.3 Å². The minimum Gasteiger partial charge on any atom is -0.461 e. The zero-order valence-electron chi connectivity index (χ0n) is 10.4. The molecule has 3 heteroatoms. The van der Waals surface area contributed by atoms with E-state index in [9.17, 15) is 5.11 Å². The standard InChI is InChI=1S/C14H18O3/c1-9(2)16-8-12(15)14-10(3)17-13-7-5-4-6-11(13)14/h4-7,9,12,15H,8H2,1-3H3. The Morgan fingerprint density at radius 3 is 2.71 bits per heavy atom. The maximum Gasteiger partial charge on any atom is 0.134 e. The van der Waals surface area contributed by atoms with Crippen LogP contribution in [0.25, 0.3) is 11.0 Å². The second kappa shape index (κ2) is 4.90. The van der Waals surface area contributed by atoms with Gasteiger partial charge in [0.15, 0.2) is 0 Å². The smallest absolute Gasteiger partial charge is 0.134 e. The van der Waals surface area contributed by atoms with Gasteiger partial charge in [0.05, 0.1) is 12.7 Å². The van der Waals surface area contributed by atoms with Crippen LogP contribution >= 0.6 is 0 Å². The van der Waals surface area contributed by atoms with Crippen molar-refractivity contribution in [1.82, 2.24) is 0 Å². The van der Waals surface area contributed by atoms with E-state index < -0.39 is 6.10 Å². The Balaban J connectivity index is 2.30. The van der Waals surface area contributed by atoms with Crippen LogP contribution in [0.3, 0.4) is 0 Å². The number of benzene rings is 1. The van der Waals surface area contributed by atoms with Gasteiger partial charge in [-0.15, -0.1) is 0 Å². The van der Waals surface area contributed by atoms with Gasteiger partial charge in [-0.3, -0.25) is 0 Å². The number of fused-ring (bicyclic) bond motifs is 1. The van der Waals surface area contributed by atoms with Gasteiger partial charge < -0.3 is 14.3 Å². The summed E-state index contributed by atoms with van der Waals surface area (Å²) in [5.41, 5.74) is 1.64. The number of rotatable bonds is 4. The van der Waals surface area contributed by atoms with E-state index in [2.05, 4.69) is 0 Å². The van der Waals surface area contributed by atoms with Crippen molar-refractivity contribution in [2.75, 3.05) is 6.61 Å². The number of furan rings is 1. The van der Waals surface area contributed by atoms with Gasteiger partial charge in [-0.1, -0.05) is 18.2 Å². The first kappa shape index (κ1) is 12.1. The molecular weight excluding hydrogens is 216 g/mol. The lowest BCUT2D eigenvalue weighted by Crippen LogP contribution is -2.12. The van der Waals surface area contributed by atoms with Gasteiger partial charge in [-0.05, 0) is 26.8 Å². The zero-order valence-corrected chi connectivity index (χ0v) is 10.4. The molecule has 0 aliphatic carbocycles. The monoisotopic (exact) mass is 234 g/mol. The van der Waals surface area contributed by atoms with E-state index >= 15 is 0 Å². The van der Waals surface area contributed by atoms with Crippen LogP contribution in [0.2, 0.25) is 0 Å². The van der Waals surface area contributed by atoms with Gasteiger partial charge in [-0.25, -0.2) is 0 Å². The van der Waals surface area contributed by atoms with Gasteiger partial charge in [0.1, 0.15) is 17.4 Å². The Morgan fingerprint density at radius 2 is 2.00 bits per heavy atom. The average Bonchev–Trinajstić information content (AvgIpc) is 2.61. The molecule has 2 aromatic rings. The van der Waals surface area contributed by atoms with Gasteiger partial charge in [0, 0.05) is 10.9 Å². The van der Waals surface area contributed by atoms with Crippen LogP contribution < -0.4 is 0 Å². The molecule has 1 atom stereocenters. The molecule has 1 aromatic carbocycles. The van der Waals surface area contributed by atoms with Gasteiger partial charge in [-0.2, -0.15) is 0 Å². The molecule has 0 spiro atoms. The van der Waals surface area contributed by atoms with Crippen LogP contribution in [-0.2, 0) is 4.74 Å². The Hall–Kier alpha value is -1.32. The van der Waals surface area contributed by atoms with Crippen LogP contribution in [0.5, 0.6) is 0 Å². The van der Waals surface area contributed by atoms with Crippen LogP contribution in [0, 0.1) is 6.92 Å². The van der Waals surface area contributed by atoms with Crippen molar-refractivity contribution in [3.8, 4) is 0 Å². The second-order valence-electron chi connectivity index (χ2n) is 4.47. The van der Waals surface area contributed by atoms with E-state index in [0.29, 0.717) is 6.61 Å². The number of aliphatic hydroxyl groups is 1. The van der Waals surface area contributed by atoms with Crippen molar-refractivity contribution in [2.45, 2.75) is 33.0 Å². The Labute approximate surface area is 101 Å². The van der Waals surface area contributed by atoms with Crippen LogP contribution in [-0.4, -0.2) is 17.8 Å². The summed E-state index contributed by atoms with van der Waals surface area (Å²) in [5.74, 6) is 0.756. The van der Waals surface area contributed by atoms with Crippen molar-refractivity contribution in [3.05, 3.63) is 35.6 Å². The molecule has 1 aromatic heterocycles. The molecule has 3 nitrogen and oxygen atoms in total. The number of hydrogen-bond acceptors (Lipinski definition) is 3. The van der Waals surface area contributed by atoms with Gasteiger partial charge in [0.2, 0.25) is 0 Å². The first-order valence-electron chi connectivity index (χ1n) is 5.87. The second-order valence-corrected chi connectivity index (χ2v) is 4.47. The summed E-state index contributed by atoms with van der Waals surface area (Å²) < 4.78 is 11.1. The number of aryl methyl sites for hydroxylation is 1. The molecule has 2 rings (SSSR count). The molecule has 0 bridgehead atoms. The highest BCUT2D eigenvalue weighted by atomic mass is 16.5. The largest absolute Gasteiger partial charge is 0.461 e. The first-order chi connectivity index (χ1) is 8.09. The predicted octanol–water partition coefficient (Wildman–Crippen LogP) is 3.20. The number of ether oxygens (including phenoxy) is 1. The predicted molar refractivity (Wildman–Crippen MR) is 67.0 cm³/mol. The van der Waals surface area contributed by atoms with Crippen molar-refractivity contribution >= 4 is 11.0 Å². The molecule has 92 valence electrons. The van der Waals surface area contributed by atoms with E-state index in [1.54, 1.807) is 0 Å². The fourth-order valence-electron chi connectivity index (χ4n) is 1.97. The molecule has 0 saturated heterocycles. The SMILES string of the molecule is Cc1oc2ccccc2c1C(O)COC(C)C. The average molecular weight is 234 g/mol. The highest BCUT2D eigenvalue weighted by Gasteiger charge is 2.18. The van der Waals surface area contributed by atoms with E-state index in [4.69, 9.17) is 9.15 Å². The van der Waals surface area contributed by atoms with Crippen molar-refractivity contribution in [2.24, 2.45) is 0 Å². The Bertz CT molecular complexity index is 499. The molecule has 0 fully saturated rings. The molecule has 0 aliphatic rings. The summed E-state index contributed by atoms with van der Waals surface area (Å²) in [6, 6.07) is 7.73. The number of aliphatic hydroxyl groups excluding tert-OH is 1. The number of para-hydroxylation sites is 1. The molecule has 17 heavy (non-hydrogen) atoms. The van der Waals surface area contributed by atoms with E-state index in [1.807, 2.05) is 45.0 Å². The summed E-state index contributed by atoms with van der Waals surface area (Å²) in [6.07, 6.45) is -0.524. The van der Waals surface area contributed by atoms with Gasteiger partial charge >= 0.3 is 0 Å². The Kier molecular flexibility index (Phi) is 3.50. The third-order valence-corrected chi connectivity index (χ3v) is 2.74. The first-order valence-corrected chi connectivity index (χ1v) is 5.87. The quantitative estimate of drug-likeness (QED) is 0.883. The third kappa shape index (κ3) is 2.51. The molecule has 1 N–H and O–H groups in total. The normalized spacial score (nSPS) is 13.5. The van der Waals surface area contributed by atoms with E-state index in [1.165, 1.54) is 0 Å². The maximum absolute atomic E-state index is 10.2. The van der Waals surface area contributed by atoms with Crippen molar-refractivity contribution in [3.63, 3.8) is 0 Å². The molecule has 0 amide bonds. The highest BCUT2D eigenvalue weighted by Crippen LogP contribution is 2.30.